The van der Waals surface area contributed by atoms with Gasteiger partial charge in [0.05, 0.1) is 0 Å². The summed E-state index contributed by atoms with van der Waals surface area (Å²) in [6, 6.07) is 6.06. The summed E-state index contributed by atoms with van der Waals surface area (Å²) in [7, 11) is 0. The molecule has 0 heterocycles. The van der Waals surface area contributed by atoms with Crippen LogP contribution >= 0.6 is 0 Å². The SMILES string of the molecule is C#CN(C(=O)C(CC(C)C)NC(=O)OC(C)(C)C)C(C(=O)NCCCCC)c1ccc(C)c(C)c1. The first-order chi connectivity index (χ1) is 16.3. The molecular weight excluding hydrogens is 442 g/mol. The van der Waals surface area contributed by atoms with Crippen molar-refractivity contribution in [2.24, 2.45) is 5.92 Å². The quantitative estimate of drug-likeness (QED) is 0.262. The number of unbranched alkanes of at least 4 members (excludes halogenated alkanes) is 2. The van der Waals surface area contributed by atoms with Crippen LogP contribution in [0.15, 0.2) is 18.2 Å². The van der Waals surface area contributed by atoms with Crippen molar-refractivity contribution in [1.29, 1.82) is 0 Å². The highest BCUT2D eigenvalue weighted by molar-refractivity contribution is 5.93. The summed E-state index contributed by atoms with van der Waals surface area (Å²) >= 11 is 0. The highest BCUT2D eigenvalue weighted by atomic mass is 16.6. The normalized spacial score (nSPS) is 12.9. The fourth-order valence-electron chi connectivity index (χ4n) is 3.61. The molecule has 0 radical (unpaired) electrons. The van der Waals surface area contributed by atoms with Gasteiger partial charge in [-0.1, -0.05) is 58.2 Å². The van der Waals surface area contributed by atoms with Gasteiger partial charge in [-0.15, -0.1) is 0 Å². The minimum absolute atomic E-state index is 0.0847. The van der Waals surface area contributed by atoms with E-state index < -0.39 is 29.7 Å². The minimum Gasteiger partial charge on any atom is -0.444 e. The Morgan fingerprint density at radius 3 is 2.29 bits per heavy atom. The number of aryl methyl sites for hydroxylation is 2. The molecule has 0 bridgehead atoms. The number of amides is 3. The molecule has 0 saturated heterocycles. The summed E-state index contributed by atoms with van der Waals surface area (Å²) in [5.41, 5.74) is 1.95. The average molecular weight is 486 g/mol. The molecule has 0 fully saturated rings. The van der Waals surface area contributed by atoms with Crippen LogP contribution in [0, 0.1) is 32.2 Å². The van der Waals surface area contributed by atoms with E-state index in [4.69, 9.17) is 11.2 Å². The van der Waals surface area contributed by atoms with E-state index in [2.05, 4.69) is 23.6 Å². The van der Waals surface area contributed by atoms with Gasteiger partial charge in [0.15, 0.2) is 0 Å². The first-order valence-corrected chi connectivity index (χ1v) is 12.4. The van der Waals surface area contributed by atoms with Crippen LogP contribution in [-0.4, -0.2) is 41.0 Å². The van der Waals surface area contributed by atoms with Crippen LogP contribution < -0.4 is 10.6 Å². The summed E-state index contributed by atoms with van der Waals surface area (Å²) in [4.78, 5) is 40.6. The number of alkyl carbamates (subject to hydrolysis) is 1. The Hall–Kier alpha value is -3.01. The first kappa shape index (κ1) is 30.0. The molecule has 194 valence electrons. The molecule has 0 aliphatic rings. The second kappa shape index (κ2) is 13.8. The van der Waals surface area contributed by atoms with E-state index in [1.165, 1.54) is 0 Å². The van der Waals surface area contributed by atoms with E-state index >= 15 is 0 Å². The van der Waals surface area contributed by atoms with E-state index in [0.29, 0.717) is 18.5 Å². The number of nitrogens with zero attached hydrogens (tertiary/aromatic N) is 1. The molecule has 0 saturated carbocycles. The molecule has 0 spiro atoms. The van der Waals surface area contributed by atoms with Gasteiger partial charge in [-0.25, -0.2) is 4.79 Å². The zero-order chi connectivity index (χ0) is 26.8. The van der Waals surface area contributed by atoms with Gasteiger partial charge in [0, 0.05) is 12.6 Å². The molecule has 7 nitrogen and oxygen atoms in total. The van der Waals surface area contributed by atoms with E-state index in [1.807, 2.05) is 45.9 Å². The first-order valence-electron chi connectivity index (χ1n) is 12.4. The van der Waals surface area contributed by atoms with Crippen molar-refractivity contribution >= 4 is 17.9 Å². The van der Waals surface area contributed by atoms with E-state index in [9.17, 15) is 14.4 Å². The highest BCUT2D eigenvalue weighted by Gasteiger charge is 2.36. The zero-order valence-electron chi connectivity index (χ0n) is 22.7. The van der Waals surface area contributed by atoms with Crippen LogP contribution in [0.4, 0.5) is 4.79 Å². The largest absolute Gasteiger partial charge is 0.444 e. The van der Waals surface area contributed by atoms with Crippen LogP contribution in [0.3, 0.4) is 0 Å². The van der Waals surface area contributed by atoms with Crippen molar-refractivity contribution in [3.63, 3.8) is 0 Å². The maximum atomic E-state index is 13.7. The molecule has 2 atom stereocenters. The molecule has 2 unspecified atom stereocenters. The van der Waals surface area contributed by atoms with Gasteiger partial charge in [-0.2, -0.15) is 0 Å². The number of hydrogen-bond donors (Lipinski definition) is 2. The summed E-state index contributed by atoms with van der Waals surface area (Å²) < 4.78 is 5.36. The molecule has 0 aliphatic heterocycles. The number of rotatable bonds is 11. The Morgan fingerprint density at radius 2 is 1.77 bits per heavy atom. The number of carbonyl (C=O) groups excluding carboxylic acids is 3. The molecule has 1 aromatic carbocycles. The highest BCUT2D eigenvalue weighted by Crippen LogP contribution is 2.25. The fraction of sp³-hybridized carbons (Fsp3) is 0.607. The third-order valence-corrected chi connectivity index (χ3v) is 5.51. The second-order valence-corrected chi connectivity index (χ2v) is 10.4. The van der Waals surface area contributed by atoms with Gasteiger partial charge >= 0.3 is 6.09 Å². The van der Waals surface area contributed by atoms with Crippen molar-refractivity contribution in [2.75, 3.05) is 6.54 Å². The van der Waals surface area contributed by atoms with Crippen molar-refractivity contribution in [1.82, 2.24) is 15.5 Å². The Labute approximate surface area is 211 Å². The maximum absolute atomic E-state index is 13.7. The fourth-order valence-corrected chi connectivity index (χ4v) is 3.61. The Bertz CT molecular complexity index is 912. The Balaban J connectivity index is 3.34. The third kappa shape index (κ3) is 10.0. The van der Waals surface area contributed by atoms with Crippen LogP contribution in [0.1, 0.15) is 90.0 Å². The predicted molar refractivity (Wildman–Crippen MR) is 139 cm³/mol. The number of nitrogens with one attached hydrogen (secondary N) is 2. The minimum atomic E-state index is -1.02. The number of carbonyl (C=O) groups is 3. The van der Waals surface area contributed by atoms with Crippen molar-refractivity contribution in [3.05, 3.63) is 34.9 Å². The summed E-state index contributed by atoms with van der Waals surface area (Å²) in [5, 5.41) is 5.60. The summed E-state index contributed by atoms with van der Waals surface area (Å²) in [6.07, 6.45) is 8.31. The Kier molecular flexibility index (Phi) is 11.8. The van der Waals surface area contributed by atoms with Crippen LogP contribution in [0.25, 0.3) is 0 Å². The second-order valence-electron chi connectivity index (χ2n) is 10.4. The molecular formula is C28H43N3O4. The number of hydrogen-bond acceptors (Lipinski definition) is 4. The lowest BCUT2D eigenvalue weighted by Crippen LogP contribution is -2.52. The lowest BCUT2D eigenvalue weighted by molar-refractivity contribution is -0.138. The molecule has 0 aromatic heterocycles. The number of terminal acetylenes is 1. The topological polar surface area (TPSA) is 87.7 Å². The molecule has 2 N–H and O–H groups in total. The van der Waals surface area contributed by atoms with Gasteiger partial charge in [-0.3, -0.25) is 14.5 Å². The van der Waals surface area contributed by atoms with Crippen molar-refractivity contribution in [2.45, 2.75) is 98.8 Å². The van der Waals surface area contributed by atoms with Crippen LogP contribution in [-0.2, 0) is 14.3 Å². The lowest BCUT2D eigenvalue weighted by Gasteiger charge is -2.31. The van der Waals surface area contributed by atoms with E-state index in [0.717, 1.165) is 35.3 Å². The predicted octanol–water partition coefficient (Wildman–Crippen LogP) is 5.01. The molecule has 35 heavy (non-hydrogen) atoms. The van der Waals surface area contributed by atoms with Gasteiger partial charge < -0.3 is 15.4 Å². The van der Waals surface area contributed by atoms with Crippen molar-refractivity contribution < 1.29 is 19.1 Å². The van der Waals surface area contributed by atoms with Gasteiger partial charge in [-0.05, 0) is 70.1 Å². The Morgan fingerprint density at radius 1 is 1.11 bits per heavy atom. The van der Waals surface area contributed by atoms with Gasteiger partial charge in [0.2, 0.25) is 5.91 Å². The molecule has 1 aromatic rings. The maximum Gasteiger partial charge on any atom is 0.408 e. The molecule has 7 heteroatoms. The van der Waals surface area contributed by atoms with Crippen molar-refractivity contribution in [3.8, 4) is 12.5 Å². The average Bonchev–Trinajstić information content (AvgIpc) is 2.74. The number of ether oxygens (including phenoxy) is 1. The lowest BCUT2D eigenvalue weighted by atomic mass is 9.97. The monoisotopic (exact) mass is 485 g/mol. The van der Waals surface area contributed by atoms with Gasteiger partial charge in [0.1, 0.15) is 17.7 Å². The third-order valence-electron chi connectivity index (χ3n) is 5.51. The van der Waals surface area contributed by atoms with Crippen LogP contribution in [0.5, 0.6) is 0 Å². The van der Waals surface area contributed by atoms with E-state index in [-0.39, 0.29) is 11.8 Å². The summed E-state index contributed by atoms with van der Waals surface area (Å²) in [6.45, 7) is 15.6. The molecule has 0 aliphatic carbocycles. The number of benzene rings is 1. The molecule has 1 rings (SSSR count). The standard InChI is InChI=1S/C28H43N3O4/c1-10-12-13-16-29-25(32)24(22-15-14-20(5)21(6)18-22)31(11-2)26(33)23(17-19(3)4)30-27(34)35-28(7,8)9/h2,14-15,18-19,23-24H,10,12-13,16-17H2,1,3-9H3,(H,29,32)(H,30,34). The van der Waals surface area contributed by atoms with Gasteiger partial charge in [0.25, 0.3) is 5.91 Å². The van der Waals surface area contributed by atoms with Crippen LogP contribution in [0.2, 0.25) is 0 Å². The smallest absolute Gasteiger partial charge is 0.408 e. The zero-order valence-corrected chi connectivity index (χ0v) is 22.7. The molecule has 3 amide bonds. The van der Waals surface area contributed by atoms with E-state index in [1.54, 1.807) is 20.8 Å². The summed E-state index contributed by atoms with van der Waals surface area (Å²) in [5.74, 6) is -0.795.